The van der Waals surface area contributed by atoms with Gasteiger partial charge in [-0.15, -0.1) is 0 Å². The number of halogens is 1. The van der Waals surface area contributed by atoms with E-state index in [2.05, 4.69) is 5.32 Å². The number of ether oxygens (including phenoxy) is 1. The van der Waals surface area contributed by atoms with Crippen LogP contribution in [0.4, 0.5) is 0 Å². The number of benzene rings is 2. The summed E-state index contributed by atoms with van der Waals surface area (Å²) in [7, 11) is 0. The van der Waals surface area contributed by atoms with Crippen molar-refractivity contribution in [1.29, 1.82) is 0 Å². The Hall–Kier alpha value is -2.00. The topological polar surface area (TPSA) is 38.3 Å². The van der Waals surface area contributed by atoms with Crippen LogP contribution in [0, 0.1) is 6.92 Å². The Labute approximate surface area is 136 Å². The van der Waals surface area contributed by atoms with Gasteiger partial charge in [0.2, 0.25) is 0 Å². The second kappa shape index (κ2) is 7.32. The lowest BCUT2D eigenvalue weighted by Crippen LogP contribution is -2.37. The molecule has 0 aliphatic heterocycles. The quantitative estimate of drug-likeness (QED) is 0.893. The Balaban J connectivity index is 1.94. The maximum Gasteiger partial charge on any atom is 0.261 e. The van der Waals surface area contributed by atoms with Gasteiger partial charge in [-0.25, -0.2) is 0 Å². The smallest absolute Gasteiger partial charge is 0.261 e. The van der Waals surface area contributed by atoms with Crippen LogP contribution in [0.1, 0.15) is 31.0 Å². The Morgan fingerprint density at radius 3 is 2.45 bits per heavy atom. The summed E-state index contributed by atoms with van der Waals surface area (Å²) in [5.74, 6) is 0.422. The molecule has 0 aliphatic carbocycles. The Bertz CT molecular complexity index is 640. The Kier molecular flexibility index (Phi) is 5.45. The van der Waals surface area contributed by atoms with E-state index < -0.39 is 6.10 Å². The minimum absolute atomic E-state index is 0.0708. The van der Waals surface area contributed by atoms with Crippen molar-refractivity contribution in [2.24, 2.45) is 0 Å². The molecule has 116 valence electrons. The van der Waals surface area contributed by atoms with E-state index in [1.807, 2.05) is 38.1 Å². The number of rotatable bonds is 5. The summed E-state index contributed by atoms with van der Waals surface area (Å²) in [5.41, 5.74) is 2.26. The number of carbonyl (C=O) groups is 1. The third kappa shape index (κ3) is 4.50. The Morgan fingerprint density at radius 1 is 1.14 bits per heavy atom. The van der Waals surface area contributed by atoms with Crippen LogP contribution >= 0.6 is 11.6 Å². The van der Waals surface area contributed by atoms with Crippen LogP contribution in [0.5, 0.6) is 5.75 Å². The highest BCUT2D eigenvalue weighted by atomic mass is 35.5. The van der Waals surface area contributed by atoms with Crippen LogP contribution < -0.4 is 10.1 Å². The molecule has 0 saturated carbocycles. The molecule has 3 nitrogen and oxygen atoms in total. The minimum Gasteiger partial charge on any atom is -0.481 e. The molecule has 0 fully saturated rings. The lowest BCUT2D eigenvalue weighted by molar-refractivity contribution is -0.127. The summed E-state index contributed by atoms with van der Waals surface area (Å²) in [4.78, 5) is 12.2. The number of hydrogen-bond acceptors (Lipinski definition) is 2. The largest absolute Gasteiger partial charge is 0.481 e. The number of aryl methyl sites for hydroxylation is 1. The first-order chi connectivity index (χ1) is 10.5. The molecule has 2 aromatic carbocycles. The molecule has 2 unspecified atom stereocenters. The molecule has 2 aromatic rings. The molecule has 2 rings (SSSR count). The van der Waals surface area contributed by atoms with Gasteiger partial charge in [-0.3, -0.25) is 4.79 Å². The van der Waals surface area contributed by atoms with Gasteiger partial charge in [-0.1, -0.05) is 47.5 Å². The van der Waals surface area contributed by atoms with E-state index in [0.717, 1.165) is 5.56 Å². The van der Waals surface area contributed by atoms with E-state index in [0.29, 0.717) is 10.8 Å². The van der Waals surface area contributed by atoms with Crippen molar-refractivity contribution in [3.05, 3.63) is 64.7 Å². The van der Waals surface area contributed by atoms with Crippen molar-refractivity contribution in [2.45, 2.75) is 32.9 Å². The zero-order valence-electron chi connectivity index (χ0n) is 13.0. The molecule has 0 saturated heterocycles. The van der Waals surface area contributed by atoms with Crippen molar-refractivity contribution in [3.8, 4) is 5.75 Å². The van der Waals surface area contributed by atoms with E-state index in [1.165, 1.54) is 5.56 Å². The summed E-state index contributed by atoms with van der Waals surface area (Å²) in [6.45, 7) is 5.71. The molecule has 0 radical (unpaired) electrons. The summed E-state index contributed by atoms with van der Waals surface area (Å²) in [6.07, 6.45) is -0.591. The monoisotopic (exact) mass is 317 g/mol. The molecule has 22 heavy (non-hydrogen) atoms. The van der Waals surface area contributed by atoms with Crippen LogP contribution in [0.15, 0.2) is 48.5 Å². The molecular formula is C18H20ClNO2. The fourth-order valence-corrected chi connectivity index (χ4v) is 2.25. The standard InChI is InChI=1S/C18H20ClNO2/c1-12-7-9-15(10-8-12)13(2)20-18(21)14(3)22-17-6-4-5-16(19)11-17/h4-11,13-14H,1-3H3,(H,20,21). The van der Waals surface area contributed by atoms with E-state index in [9.17, 15) is 4.79 Å². The first kappa shape index (κ1) is 16.4. The highest BCUT2D eigenvalue weighted by Crippen LogP contribution is 2.19. The molecular weight excluding hydrogens is 298 g/mol. The van der Waals surface area contributed by atoms with Crippen molar-refractivity contribution in [2.75, 3.05) is 0 Å². The van der Waals surface area contributed by atoms with E-state index in [-0.39, 0.29) is 11.9 Å². The molecule has 0 bridgehead atoms. The van der Waals surface area contributed by atoms with Crippen molar-refractivity contribution in [1.82, 2.24) is 5.32 Å². The van der Waals surface area contributed by atoms with Crippen LogP contribution in [0.2, 0.25) is 5.02 Å². The van der Waals surface area contributed by atoms with E-state index in [4.69, 9.17) is 16.3 Å². The van der Waals surface area contributed by atoms with Crippen LogP contribution in [-0.2, 0) is 4.79 Å². The zero-order valence-corrected chi connectivity index (χ0v) is 13.7. The van der Waals surface area contributed by atoms with E-state index in [1.54, 1.807) is 31.2 Å². The predicted octanol–water partition coefficient (Wildman–Crippen LogP) is 4.29. The van der Waals surface area contributed by atoms with Gasteiger partial charge in [0.1, 0.15) is 5.75 Å². The second-order valence-corrected chi connectivity index (χ2v) is 5.79. The van der Waals surface area contributed by atoms with Gasteiger partial charge in [-0.05, 0) is 44.5 Å². The summed E-state index contributed by atoms with van der Waals surface area (Å²) in [6, 6.07) is 15.0. The van der Waals surface area contributed by atoms with Gasteiger partial charge in [0.15, 0.2) is 6.10 Å². The third-order valence-corrected chi connectivity index (χ3v) is 3.65. The fraction of sp³-hybridized carbons (Fsp3) is 0.278. The second-order valence-electron chi connectivity index (χ2n) is 5.36. The lowest BCUT2D eigenvalue weighted by Gasteiger charge is -2.19. The zero-order chi connectivity index (χ0) is 16.1. The molecule has 2 atom stereocenters. The van der Waals surface area contributed by atoms with Crippen LogP contribution in [0.3, 0.4) is 0 Å². The van der Waals surface area contributed by atoms with Crippen molar-refractivity contribution < 1.29 is 9.53 Å². The molecule has 0 aromatic heterocycles. The molecule has 0 spiro atoms. The fourth-order valence-electron chi connectivity index (χ4n) is 2.07. The van der Waals surface area contributed by atoms with E-state index >= 15 is 0 Å². The van der Waals surface area contributed by atoms with Gasteiger partial charge in [0, 0.05) is 5.02 Å². The molecule has 4 heteroatoms. The summed E-state index contributed by atoms with van der Waals surface area (Å²) in [5, 5.41) is 3.53. The normalized spacial score (nSPS) is 13.3. The highest BCUT2D eigenvalue weighted by Gasteiger charge is 2.17. The maximum atomic E-state index is 12.2. The SMILES string of the molecule is Cc1ccc(C(C)NC(=O)C(C)Oc2cccc(Cl)c2)cc1. The highest BCUT2D eigenvalue weighted by molar-refractivity contribution is 6.30. The average Bonchev–Trinajstić information content (AvgIpc) is 2.47. The van der Waals surface area contributed by atoms with Crippen molar-refractivity contribution >= 4 is 17.5 Å². The molecule has 0 heterocycles. The lowest BCUT2D eigenvalue weighted by atomic mass is 10.1. The van der Waals surface area contributed by atoms with Gasteiger partial charge in [-0.2, -0.15) is 0 Å². The van der Waals surface area contributed by atoms with Gasteiger partial charge in [0.05, 0.1) is 6.04 Å². The van der Waals surface area contributed by atoms with Crippen LogP contribution in [0.25, 0.3) is 0 Å². The predicted molar refractivity (Wildman–Crippen MR) is 89.3 cm³/mol. The number of amides is 1. The number of hydrogen-bond donors (Lipinski definition) is 1. The maximum absolute atomic E-state index is 12.2. The van der Waals surface area contributed by atoms with Gasteiger partial charge in [0.25, 0.3) is 5.91 Å². The van der Waals surface area contributed by atoms with Gasteiger partial charge >= 0.3 is 0 Å². The third-order valence-electron chi connectivity index (χ3n) is 3.41. The van der Waals surface area contributed by atoms with Crippen molar-refractivity contribution in [3.63, 3.8) is 0 Å². The minimum atomic E-state index is -0.591. The van der Waals surface area contributed by atoms with Crippen LogP contribution in [-0.4, -0.2) is 12.0 Å². The summed E-state index contributed by atoms with van der Waals surface area (Å²) >= 11 is 5.90. The summed E-state index contributed by atoms with van der Waals surface area (Å²) < 4.78 is 5.62. The number of nitrogens with one attached hydrogen (secondary N) is 1. The molecule has 1 N–H and O–H groups in total. The average molecular weight is 318 g/mol. The first-order valence-electron chi connectivity index (χ1n) is 7.25. The Morgan fingerprint density at radius 2 is 1.82 bits per heavy atom. The molecule has 0 aliphatic rings. The first-order valence-corrected chi connectivity index (χ1v) is 7.62. The number of carbonyl (C=O) groups excluding carboxylic acids is 1. The van der Waals surface area contributed by atoms with Gasteiger partial charge < -0.3 is 10.1 Å². The molecule has 1 amide bonds.